The van der Waals surface area contributed by atoms with Crippen molar-refractivity contribution in [2.75, 3.05) is 54.5 Å². The summed E-state index contributed by atoms with van der Waals surface area (Å²) in [6, 6.07) is 8.37. The highest BCUT2D eigenvalue weighted by molar-refractivity contribution is 5.60. The molecule has 0 bridgehead atoms. The Morgan fingerprint density at radius 1 is 1.07 bits per heavy atom. The number of rotatable bonds is 6. The summed E-state index contributed by atoms with van der Waals surface area (Å²) in [4.78, 5) is 9.10. The van der Waals surface area contributed by atoms with Crippen molar-refractivity contribution in [1.82, 2.24) is 15.2 Å². The molecule has 2 fully saturated rings. The second kappa shape index (κ2) is 8.28. The molecule has 2 aliphatic heterocycles. The van der Waals surface area contributed by atoms with Crippen LogP contribution < -0.4 is 15.1 Å². The third-order valence-corrected chi connectivity index (χ3v) is 5.44. The molecule has 150 valence electrons. The van der Waals surface area contributed by atoms with E-state index in [1.165, 1.54) is 5.69 Å². The quantitative estimate of drug-likeness (QED) is 0.815. The van der Waals surface area contributed by atoms with Crippen molar-refractivity contribution in [3.63, 3.8) is 0 Å². The van der Waals surface area contributed by atoms with E-state index in [9.17, 15) is 0 Å². The largest absolute Gasteiger partial charge is 0.372 e. The van der Waals surface area contributed by atoms with Gasteiger partial charge in [-0.2, -0.15) is 10.1 Å². The number of hydrogen-bond donors (Lipinski definition) is 1. The van der Waals surface area contributed by atoms with Crippen LogP contribution in [-0.2, 0) is 9.47 Å². The molecule has 0 unspecified atom stereocenters. The molecule has 0 aliphatic carbocycles. The predicted octanol–water partition coefficient (Wildman–Crippen LogP) is 2.80. The summed E-state index contributed by atoms with van der Waals surface area (Å²) in [5, 5.41) is 11.7. The fourth-order valence-corrected chi connectivity index (χ4v) is 3.81. The van der Waals surface area contributed by atoms with E-state index in [2.05, 4.69) is 68.4 Å². The van der Waals surface area contributed by atoms with E-state index in [1.54, 1.807) is 6.20 Å². The summed E-state index contributed by atoms with van der Waals surface area (Å²) in [5.41, 5.74) is 2.20. The van der Waals surface area contributed by atoms with Crippen LogP contribution in [0, 0.1) is 0 Å². The average Bonchev–Trinajstić information content (AvgIpc) is 3.19. The van der Waals surface area contributed by atoms with Crippen LogP contribution in [0.3, 0.4) is 0 Å². The van der Waals surface area contributed by atoms with Gasteiger partial charge in [-0.05, 0) is 38.1 Å². The molecule has 2 saturated heterocycles. The maximum atomic E-state index is 5.79. The Morgan fingerprint density at radius 2 is 1.75 bits per heavy atom. The minimum Gasteiger partial charge on any atom is -0.372 e. The molecule has 0 atom stereocenters. The SMILES string of the molecule is CCN(CC)c1ccc(Nc2cnnc(N3CCC4(CC3)OCCO4)n2)cc1. The molecule has 1 N–H and O–H groups in total. The van der Waals surface area contributed by atoms with Crippen LogP contribution in [0.2, 0.25) is 0 Å². The number of piperidine rings is 1. The van der Waals surface area contributed by atoms with Crippen molar-refractivity contribution in [2.45, 2.75) is 32.5 Å². The minimum atomic E-state index is -0.396. The van der Waals surface area contributed by atoms with Crippen LogP contribution in [0.1, 0.15) is 26.7 Å². The molecule has 8 nitrogen and oxygen atoms in total. The lowest BCUT2D eigenvalue weighted by molar-refractivity contribution is -0.169. The number of benzene rings is 1. The Kier molecular flexibility index (Phi) is 5.59. The summed E-state index contributed by atoms with van der Waals surface area (Å²) >= 11 is 0. The number of hydrogen-bond acceptors (Lipinski definition) is 8. The molecule has 1 spiro atoms. The third-order valence-electron chi connectivity index (χ3n) is 5.44. The highest BCUT2D eigenvalue weighted by Crippen LogP contribution is 2.32. The van der Waals surface area contributed by atoms with Crippen LogP contribution >= 0.6 is 0 Å². The van der Waals surface area contributed by atoms with Gasteiger partial charge in [-0.3, -0.25) is 0 Å². The van der Waals surface area contributed by atoms with Crippen LogP contribution in [0.5, 0.6) is 0 Å². The molecule has 4 rings (SSSR count). The van der Waals surface area contributed by atoms with E-state index < -0.39 is 5.79 Å². The van der Waals surface area contributed by atoms with Crippen molar-refractivity contribution in [3.05, 3.63) is 30.5 Å². The van der Waals surface area contributed by atoms with Crippen molar-refractivity contribution in [2.24, 2.45) is 0 Å². The monoisotopic (exact) mass is 384 g/mol. The first-order valence-electron chi connectivity index (χ1n) is 10.1. The van der Waals surface area contributed by atoms with Gasteiger partial charge in [0, 0.05) is 50.4 Å². The molecular formula is C20H28N6O2. The molecule has 0 radical (unpaired) electrons. The van der Waals surface area contributed by atoms with Gasteiger partial charge in [0.15, 0.2) is 11.6 Å². The summed E-state index contributed by atoms with van der Waals surface area (Å²) in [6.45, 7) is 9.28. The molecule has 0 saturated carbocycles. The minimum absolute atomic E-state index is 0.396. The Morgan fingerprint density at radius 3 is 2.39 bits per heavy atom. The molecule has 2 aromatic rings. The zero-order valence-corrected chi connectivity index (χ0v) is 16.6. The first-order chi connectivity index (χ1) is 13.7. The highest BCUT2D eigenvalue weighted by Gasteiger charge is 2.40. The smallest absolute Gasteiger partial charge is 0.247 e. The number of ether oxygens (including phenoxy) is 2. The average molecular weight is 384 g/mol. The van der Waals surface area contributed by atoms with E-state index in [4.69, 9.17) is 9.47 Å². The van der Waals surface area contributed by atoms with Crippen molar-refractivity contribution in [3.8, 4) is 0 Å². The molecule has 3 heterocycles. The van der Waals surface area contributed by atoms with Gasteiger partial charge in [-0.25, -0.2) is 0 Å². The van der Waals surface area contributed by atoms with Crippen molar-refractivity contribution in [1.29, 1.82) is 0 Å². The summed E-state index contributed by atoms with van der Waals surface area (Å²) < 4.78 is 11.6. The summed E-state index contributed by atoms with van der Waals surface area (Å²) in [7, 11) is 0. The Labute approximate surface area is 165 Å². The molecule has 28 heavy (non-hydrogen) atoms. The van der Waals surface area contributed by atoms with Gasteiger partial charge >= 0.3 is 0 Å². The van der Waals surface area contributed by atoms with E-state index in [1.807, 2.05) is 0 Å². The first-order valence-corrected chi connectivity index (χ1v) is 10.1. The van der Waals surface area contributed by atoms with Crippen molar-refractivity contribution >= 4 is 23.1 Å². The van der Waals surface area contributed by atoms with E-state index >= 15 is 0 Å². The normalized spacial score (nSPS) is 18.4. The topological polar surface area (TPSA) is 75.6 Å². The highest BCUT2D eigenvalue weighted by atomic mass is 16.7. The lowest BCUT2D eigenvalue weighted by Crippen LogP contribution is -2.45. The van der Waals surface area contributed by atoms with Crippen molar-refractivity contribution < 1.29 is 9.47 Å². The van der Waals surface area contributed by atoms with Crippen LogP contribution in [0.25, 0.3) is 0 Å². The molecular weight excluding hydrogens is 356 g/mol. The van der Waals surface area contributed by atoms with E-state index in [-0.39, 0.29) is 0 Å². The van der Waals surface area contributed by atoms with Crippen LogP contribution in [0.4, 0.5) is 23.1 Å². The maximum Gasteiger partial charge on any atom is 0.247 e. The lowest BCUT2D eigenvalue weighted by atomic mass is 10.0. The number of aromatic nitrogens is 3. The lowest BCUT2D eigenvalue weighted by Gasteiger charge is -2.37. The fourth-order valence-electron chi connectivity index (χ4n) is 3.81. The van der Waals surface area contributed by atoms with E-state index in [0.717, 1.165) is 44.7 Å². The Balaban J connectivity index is 1.40. The van der Waals surface area contributed by atoms with Gasteiger partial charge < -0.3 is 24.6 Å². The van der Waals surface area contributed by atoms with E-state index in [0.29, 0.717) is 25.0 Å². The molecule has 1 aromatic heterocycles. The molecule has 1 aromatic carbocycles. The second-order valence-corrected chi connectivity index (χ2v) is 7.08. The number of nitrogens with zero attached hydrogens (tertiary/aromatic N) is 5. The number of nitrogens with one attached hydrogen (secondary N) is 1. The van der Waals surface area contributed by atoms with Gasteiger partial charge in [-0.15, -0.1) is 5.10 Å². The summed E-state index contributed by atoms with van der Waals surface area (Å²) in [6.07, 6.45) is 3.29. The Hall–Kier alpha value is -2.45. The molecule has 2 aliphatic rings. The van der Waals surface area contributed by atoms with Crippen LogP contribution in [-0.4, -0.2) is 60.4 Å². The predicted molar refractivity (Wildman–Crippen MR) is 109 cm³/mol. The Bertz CT molecular complexity index is 765. The standard InChI is InChI=1S/C20H28N6O2/c1-3-25(4-2)17-7-5-16(6-8-17)22-18-15-21-24-19(23-18)26-11-9-20(10-12-26)27-13-14-28-20/h5-8,15H,3-4,9-14H2,1-2H3,(H,22,23,24). The van der Waals surface area contributed by atoms with Gasteiger partial charge in [-0.1, -0.05) is 0 Å². The van der Waals surface area contributed by atoms with Gasteiger partial charge in [0.25, 0.3) is 0 Å². The molecule has 0 amide bonds. The second-order valence-electron chi connectivity index (χ2n) is 7.08. The fraction of sp³-hybridized carbons (Fsp3) is 0.550. The van der Waals surface area contributed by atoms with Crippen LogP contribution in [0.15, 0.2) is 30.5 Å². The third kappa shape index (κ3) is 4.02. The number of anilines is 4. The van der Waals surface area contributed by atoms with Gasteiger partial charge in [0.2, 0.25) is 5.95 Å². The maximum absolute atomic E-state index is 5.79. The zero-order valence-electron chi connectivity index (χ0n) is 16.6. The molecule has 8 heteroatoms. The summed E-state index contributed by atoms with van der Waals surface area (Å²) in [5.74, 6) is 0.929. The van der Waals surface area contributed by atoms with Gasteiger partial charge in [0.05, 0.1) is 19.4 Å². The first kappa shape index (κ1) is 18.9. The zero-order chi connectivity index (χ0) is 19.4. The van der Waals surface area contributed by atoms with Gasteiger partial charge in [0.1, 0.15) is 0 Å².